The molecule has 4 heteroatoms. The van der Waals surface area contributed by atoms with Crippen LogP contribution < -0.4 is 5.32 Å². The minimum Gasteiger partial charge on any atom is -0.481 e. The van der Waals surface area contributed by atoms with E-state index in [0.29, 0.717) is 16.8 Å². The molecule has 2 rings (SSSR count). The normalized spacial score (nSPS) is 10.0. The molecule has 0 saturated heterocycles. The first kappa shape index (κ1) is 13.8. The van der Waals surface area contributed by atoms with E-state index in [1.54, 1.807) is 30.3 Å². The van der Waals surface area contributed by atoms with Crippen molar-refractivity contribution in [1.82, 2.24) is 0 Å². The summed E-state index contributed by atoms with van der Waals surface area (Å²) in [7, 11) is 0. The summed E-state index contributed by atoms with van der Waals surface area (Å²) < 4.78 is 0. The van der Waals surface area contributed by atoms with Gasteiger partial charge < -0.3 is 10.4 Å². The van der Waals surface area contributed by atoms with Gasteiger partial charge in [0.05, 0.1) is 6.42 Å². The minimum atomic E-state index is -0.871. The number of aliphatic carboxylic acids is 1. The van der Waals surface area contributed by atoms with Gasteiger partial charge in [-0.1, -0.05) is 42.5 Å². The zero-order valence-corrected chi connectivity index (χ0v) is 10.9. The monoisotopic (exact) mass is 269 g/mol. The number of para-hydroxylation sites is 1. The molecule has 0 heterocycles. The van der Waals surface area contributed by atoms with Gasteiger partial charge in [-0.25, -0.2) is 0 Å². The second-order valence-electron chi connectivity index (χ2n) is 4.31. The fraction of sp³-hybridized carbons (Fsp3) is 0.125. The molecule has 0 atom stereocenters. The van der Waals surface area contributed by atoms with Crippen molar-refractivity contribution in [3.8, 4) is 0 Å². The molecule has 0 saturated carbocycles. The number of benzene rings is 2. The van der Waals surface area contributed by atoms with Crippen molar-refractivity contribution in [2.45, 2.75) is 6.42 Å². The Balaban J connectivity index is 2.19. The van der Waals surface area contributed by atoms with Crippen LogP contribution in [0.1, 0.15) is 22.3 Å². The highest BCUT2D eigenvalue weighted by molar-refractivity contribution is 6.12. The van der Waals surface area contributed by atoms with Crippen molar-refractivity contribution in [2.24, 2.45) is 0 Å². The lowest BCUT2D eigenvalue weighted by molar-refractivity contribution is -0.136. The summed E-state index contributed by atoms with van der Waals surface area (Å²) in [5, 5.41) is 11.6. The number of carboxylic acid groups (broad SMARTS) is 1. The standard InChI is InChI=1S/C16H15NO3/c18-15(19)10-11-17-14-9-5-4-8-13(14)16(20)12-6-2-1-3-7-12/h1-9,17H,10-11H2,(H,18,19). The van der Waals surface area contributed by atoms with Crippen molar-refractivity contribution in [1.29, 1.82) is 0 Å². The summed E-state index contributed by atoms with van der Waals surface area (Å²) in [6.45, 7) is 0.286. The molecule has 0 amide bonds. The van der Waals surface area contributed by atoms with Gasteiger partial charge in [-0.2, -0.15) is 0 Å². The lowest BCUT2D eigenvalue weighted by Crippen LogP contribution is -2.11. The summed E-state index contributed by atoms with van der Waals surface area (Å²) in [4.78, 5) is 22.9. The van der Waals surface area contributed by atoms with Crippen LogP contribution in [-0.2, 0) is 4.79 Å². The Hall–Kier alpha value is -2.62. The number of hydrogen-bond acceptors (Lipinski definition) is 3. The number of carboxylic acids is 1. The summed E-state index contributed by atoms with van der Waals surface area (Å²) >= 11 is 0. The molecule has 20 heavy (non-hydrogen) atoms. The van der Waals surface area contributed by atoms with Gasteiger partial charge in [0.1, 0.15) is 0 Å². The third-order valence-corrected chi connectivity index (χ3v) is 2.86. The Labute approximate surface area is 117 Å². The van der Waals surface area contributed by atoms with Crippen LogP contribution in [-0.4, -0.2) is 23.4 Å². The van der Waals surface area contributed by atoms with E-state index in [2.05, 4.69) is 5.32 Å². The Morgan fingerprint density at radius 3 is 2.30 bits per heavy atom. The zero-order valence-electron chi connectivity index (χ0n) is 10.9. The van der Waals surface area contributed by atoms with Crippen molar-refractivity contribution in [3.63, 3.8) is 0 Å². The second kappa shape index (κ2) is 6.52. The molecule has 102 valence electrons. The van der Waals surface area contributed by atoms with Crippen molar-refractivity contribution in [2.75, 3.05) is 11.9 Å². The van der Waals surface area contributed by atoms with E-state index in [-0.39, 0.29) is 18.7 Å². The van der Waals surface area contributed by atoms with Crippen LogP contribution in [0.2, 0.25) is 0 Å². The average molecular weight is 269 g/mol. The predicted molar refractivity (Wildman–Crippen MR) is 77.1 cm³/mol. The summed E-state index contributed by atoms with van der Waals surface area (Å²) in [6, 6.07) is 16.1. The first-order valence-corrected chi connectivity index (χ1v) is 6.33. The summed E-state index contributed by atoms with van der Waals surface area (Å²) in [6.07, 6.45) is 0.00780. The lowest BCUT2D eigenvalue weighted by atomic mass is 10.0. The molecule has 0 aliphatic rings. The second-order valence-corrected chi connectivity index (χ2v) is 4.31. The highest BCUT2D eigenvalue weighted by atomic mass is 16.4. The molecule has 0 bridgehead atoms. The van der Waals surface area contributed by atoms with Gasteiger partial charge in [0.15, 0.2) is 5.78 Å². The van der Waals surface area contributed by atoms with Crippen LogP contribution >= 0.6 is 0 Å². The van der Waals surface area contributed by atoms with Gasteiger partial charge in [-0.15, -0.1) is 0 Å². The lowest BCUT2D eigenvalue weighted by Gasteiger charge is -2.10. The smallest absolute Gasteiger partial charge is 0.305 e. The van der Waals surface area contributed by atoms with Gasteiger partial charge in [0.2, 0.25) is 0 Å². The van der Waals surface area contributed by atoms with Gasteiger partial charge in [-0.05, 0) is 12.1 Å². The number of carbonyl (C=O) groups excluding carboxylic acids is 1. The van der Waals surface area contributed by atoms with Crippen LogP contribution in [0.5, 0.6) is 0 Å². The molecular weight excluding hydrogens is 254 g/mol. The summed E-state index contributed by atoms with van der Waals surface area (Å²) in [5.41, 5.74) is 1.81. The highest BCUT2D eigenvalue weighted by Gasteiger charge is 2.12. The molecule has 0 fully saturated rings. The Morgan fingerprint density at radius 1 is 0.950 bits per heavy atom. The van der Waals surface area contributed by atoms with Crippen LogP contribution in [0.25, 0.3) is 0 Å². The molecule has 0 spiro atoms. The zero-order chi connectivity index (χ0) is 14.4. The topological polar surface area (TPSA) is 66.4 Å². The number of nitrogens with one attached hydrogen (secondary N) is 1. The van der Waals surface area contributed by atoms with E-state index in [9.17, 15) is 9.59 Å². The van der Waals surface area contributed by atoms with Gasteiger partial charge in [0, 0.05) is 23.4 Å². The average Bonchev–Trinajstić information content (AvgIpc) is 2.47. The van der Waals surface area contributed by atoms with E-state index >= 15 is 0 Å². The quantitative estimate of drug-likeness (QED) is 0.791. The van der Waals surface area contributed by atoms with Gasteiger partial charge >= 0.3 is 5.97 Å². The van der Waals surface area contributed by atoms with Crippen molar-refractivity contribution < 1.29 is 14.7 Å². The number of rotatable bonds is 6. The Bertz CT molecular complexity index is 608. The van der Waals surface area contributed by atoms with Crippen LogP contribution in [0, 0.1) is 0 Å². The fourth-order valence-corrected chi connectivity index (χ4v) is 1.88. The van der Waals surface area contributed by atoms with Crippen molar-refractivity contribution >= 4 is 17.4 Å². The number of ketones is 1. The summed E-state index contributed by atoms with van der Waals surface area (Å²) in [5.74, 6) is -0.951. The van der Waals surface area contributed by atoms with E-state index in [1.807, 2.05) is 24.3 Å². The SMILES string of the molecule is O=C(O)CCNc1ccccc1C(=O)c1ccccc1. The van der Waals surface area contributed by atoms with Crippen molar-refractivity contribution in [3.05, 3.63) is 65.7 Å². The highest BCUT2D eigenvalue weighted by Crippen LogP contribution is 2.19. The number of anilines is 1. The van der Waals surface area contributed by atoms with Crippen LogP contribution in [0.3, 0.4) is 0 Å². The molecule has 2 aromatic rings. The van der Waals surface area contributed by atoms with Crippen LogP contribution in [0.15, 0.2) is 54.6 Å². The predicted octanol–water partition coefficient (Wildman–Crippen LogP) is 2.80. The Morgan fingerprint density at radius 2 is 1.60 bits per heavy atom. The largest absolute Gasteiger partial charge is 0.481 e. The first-order chi connectivity index (χ1) is 9.68. The molecular formula is C16H15NO3. The molecule has 0 unspecified atom stereocenters. The Kier molecular flexibility index (Phi) is 4.50. The molecule has 2 aromatic carbocycles. The first-order valence-electron chi connectivity index (χ1n) is 6.33. The molecule has 4 nitrogen and oxygen atoms in total. The van der Waals surface area contributed by atoms with Crippen LogP contribution in [0.4, 0.5) is 5.69 Å². The van der Waals surface area contributed by atoms with E-state index in [1.165, 1.54) is 0 Å². The molecule has 0 aromatic heterocycles. The molecule has 0 aliphatic carbocycles. The van der Waals surface area contributed by atoms with Gasteiger partial charge in [-0.3, -0.25) is 9.59 Å². The maximum atomic E-state index is 12.4. The number of carbonyl (C=O) groups is 2. The maximum absolute atomic E-state index is 12.4. The molecule has 0 aliphatic heterocycles. The molecule has 2 N–H and O–H groups in total. The fourth-order valence-electron chi connectivity index (χ4n) is 1.88. The maximum Gasteiger partial charge on any atom is 0.305 e. The number of hydrogen-bond donors (Lipinski definition) is 2. The van der Waals surface area contributed by atoms with E-state index in [0.717, 1.165) is 0 Å². The van der Waals surface area contributed by atoms with Gasteiger partial charge in [0.25, 0.3) is 0 Å². The van der Waals surface area contributed by atoms with E-state index in [4.69, 9.17) is 5.11 Å². The minimum absolute atomic E-state index is 0.00780. The van der Waals surface area contributed by atoms with E-state index < -0.39 is 5.97 Å². The molecule has 0 radical (unpaired) electrons. The third-order valence-electron chi connectivity index (χ3n) is 2.86. The third kappa shape index (κ3) is 3.45.